The van der Waals surface area contributed by atoms with E-state index in [0.717, 1.165) is 42.4 Å². The largest absolute Gasteiger partial charge is 0.403 e. The molecule has 2 aromatic heterocycles. The second kappa shape index (κ2) is 7.63. The summed E-state index contributed by atoms with van der Waals surface area (Å²) in [6, 6.07) is 8.09. The first-order valence-electron chi connectivity index (χ1n) is 9.48. The Bertz CT molecular complexity index is 991. The van der Waals surface area contributed by atoms with Crippen LogP contribution < -0.4 is 4.90 Å². The number of aromatic nitrogens is 4. The zero-order valence-electron chi connectivity index (χ0n) is 16.4. The second-order valence-corrected chi connectivity index (χ2v) is 7.61. The molecule has 0 N–H and O–H groups in total. The van der Waals surface area contributed by atoms with Gasteiger partial charge in [0.2, 0.25) is 5.89 Å². The summed E-state index contributed by atoms with van der Waals surface area (Å²) in [6.07, 6.45) is 2.17. The van der Waals surface area contributed by atoms with E-state index in [2.05, 4.69) is 32.3 Å². The lowest BCUT2D eigenvalue weighted by atomic mass is 9.90. The third-order valence-electron chi connectivity index (χ3n) is 5.21. The number of rotatable bonds is 5. The van der Waals surface area contributed by atoms with Gasteiger partial charge < -0.3 is 14.2 Å². The molecule has 3 aromatic rings. The number of fused-ring (bicyclic) bond motifs is 1. The van der Waals surface area contributed by atoms with Crippen LogP contribution in [0.1, 0.15) is 18.5 Å². The molecule has 0 aliphatic carbocycles. The molecule has 0 amide bonds. The van der Waals surface area contributed by atoms with Gasteiger partial charge in [0.15, 0.2) is 0 Å². The van der Waals surface area contributed by atoms with Crippen LogP contribution in [0, 0.1) is 5.92 Å². The van der Waals surface area contributed by atoms with Crippen LogP contribution in [-0.2, 0) is 11.2 Å². The number of nitrogens with zero attached hydrogens (tertiary/aromatic N) is 6. The minimum atomic E-state index is 0.128. The fourth-order valence-electron chi connectivity index (χ4n) is 3.47. The van der Waals surface area contributed by atoms with Crippen LogP contribution in [-0.4, -0.2) is 65.3 Å². The lowest BCUT2D eigenvalue weighted by molar-refractivity contribution is -0.123. The zero-order valence-corrected chi connectivity index (χ0v) is 16.4. The van der Waals surface area contributed by atoms with Gasteiger partial charge in [0.1, 0.15) is 5.78 Å². The monoisotopic (exact) mass is 380 g/mol. The highest BCUT2D eigenvalue weighted by Gasteiger charge is 2.23. The molecule has 28 heavy (non-hydrogen) atoms. The summed E-state index contributed by atoms with van der Waals surface area (Å²) in [5.41, 5.74) is 2.29. The summed E-state index contributed by atoms with van der Waals surface area (Å²) in [6.45, 7) is 1.95. The van der Waals surface area contributed by atoms with Crippen molar-refractivity contribution in [2.75, 3.05) is 39.1 Å². The van der Waals surface area contributed by atoms with E-state index < -0.39 is 0 Å². The van der Waals surface area contributed by atoms with E-state index >= 15 is 0 Å². The van der Waals surface area contributed by atoms with E-state index in [9.17, 15) is 4.79 Å². The van der Waals surface area contributed by atoms with Crippen molar-refractivity contribution in [1.29, 1.82) is 0 Å². The summed E-state index contributed by atoms with van der Waals surface area (Å²) in [7, 11) is 5.79. The van der Waals surface area contributed by atoms with Crippen molar-refractivity contribution in [3.63, 3.8) is 0 Å². The number of carbonyl (C=O) groups excluding carboxylic acids is 1. The minimum Gasteiger partial charge on any atom is -0.403 e. The van der Waals surface area contributed by atoms with Crippen LogP contribution >= 0.6 is 0 Å². The molecule has 0 saturated carbocycles. The van der Waals surface area contributed by atoms with Gasteiger partial charge in [-0.3, -0.25) is 4.79 Å². The summed E-state index contributed by atoms with van der Waals surface area (Å²) < 4.78 is 5.67. The van der Waals surface area contributed by atoms with Crippen molar-refractivity contribution in [3.05, 3.63) is 30.0 Å². The van der Waals surface area contributed by atoms with Crippen molar-refractivity contribution in [3.8, 4) is 11.5 Å². The normalized spacial score (nSPS) is 15.8. The van der Waals surface area contributed by atoms with Crippen molar-refractivity contribution < 1.29 is 9.21 Å². The first kappa shape index (κ1) is 18.5. The Hall–Kier alpha value is -2.87. The highest BCUT2D eigenvalue weighted by atomic mass is 16.4. The quantitative estimate of drug-likeness (QED) is 0.666. The molecule has 0 atom stereocenters. The SMILES string of the molecule is CN1CCC(C(=O)Cc2cc3cc(-c4nnc(N(C)C)o4)ccc3nn2)CC1. The van der Waals surface area contributed by atoms with Crippen molar-refractivity contribution in [1.82, 2.24) is 25.3 Å². The number of piperidine rings is 1. The highest BCUT2D eigenvalue weighted by Crippen LogP contribution is 2.25. The molecule has 0 unspecified atom stereocenters. The maximum absolute atomic E-state index is 12.6. The van der Waals surface area contributed by atoms with Crippen LogP contribution in [0.15, 0.2) is 28.7 Å². The number of carbonyl (C=O) groups is 1. The topological polar surface area (TPSA) is 88.3 Å². The van der Waals surface area contributed by atoms with Crippen molar-refractivity contribution in [2.24, 2.45) is 5.92 Å². The number of Topliss-reactive ketones (excluding diaryl/α,β-unsaturated/α-hetero) is 1. The number of anilines is 1. The van der Waals surface area contributed by atoms with Gasteiger partial charge in [0.05, 0.1) is 17.6 Å². The molecule has 1 aromatic carbocycles. The smallest absolute Gasteiger partial charge is 0.317 e. The molecular formula is C20H24N6O2. The molecule has 3 heterocycles. The number of likely N-dealkylation sites (tertiary alicyclic amines) is 1. The van der Waals surface area contributed by atoms with Crippen molar-refractivity contribution >= 4 is 22.7 Å². The van der Waals surface area contributed by atoms with Crippen LogP contribution in [0.3, 0.4) is 0 Å². The van der Waals surface area contributed by atoms with Crippen molar-refractivity contribution in [2.45, 2.75) is 19.3 Å². The summed E-state index contributed by atoms with van der Waals surface area (Å²) in [5, 5.41) is 17.5. The Labute approximate surface area is 163 Å². The average Bonchev–Trinajstić information content (AvgIpc) is 3.18. The summed E-state index contributed by atoms with van der Waals surface area (Å²) in [5.74, 6) is 0.833. The maximum Gasteiger partial charge on any atom is 0.317 e. The Morgan fingerprint density at radius 2 is 1.93 bits per heavy atom. The molecule has 8 heteroatoms. The van der Waals surface area contributed by atoms with Gasteiger partial charge >= 0.3 is 6.01 Å². The summed E-state index contributed by atoms with van der Waals surface area (Å²) >= 11 is 0. The molecule has 0 spiro atoms. The van der Waals surface area contributed by atoms with Crippen LogP contribution in [0.5, 0.6) is 0 Å². The number of hydrogen-bond donors (Lipinski definition) is 0. The third-order valence-corrected chi connectivity index (χ3v) is 5.21. The Morgan fingerprint density at radius 3 is 2.64 bits per heavy atom. The van der Waals surface area contributed by atoms with Gasteiger partial charge in [-0.25, -0.2) is 0 Å². The Morgan fingerprint density at radius 1 is 1.14 bits per heavy atom. The lowest BCUT2D eigenvalue weighted by Gasteiger charge is -2.27. The van der Waals surface area contributed by atoms with Gasteiger partial charge in [0.25, 0.3) is 0 Å². The molecule has 0 bridgehead atoms. The van der Waals surface area contributed by atoms with E-state index in [1.807, 2.05) is 38.4 Å². The highest BCUT2D eigenvalue weighted by molar-refractivity contribution is 5.86. The second-order valence-electron chi connectivity index (χ2n) is 7.61. The predicted molar refractivity (Wildman–Crippen MR) is 106 cm³/mol. The number of hydrogen-bond acceptors (Lipinski definition) is 8. The van der Waals surface area contributed by atoms with Crippen LogP contribution in [0.4, 0.5) is 6.01 Å². The molecule has 1 aliphatic heterocycles. The number of ketones is 1. The first-order valence-corrected chi connectivity index (χ1v) is 9.48. The molecule has 1 fully saturated rings. The molecule has 0 radical (unpaired) electrons. The molecular weight excluding hydrogens is 356 g/mol. The van der Waals surface area contributed by atoms with Gasteiger partial charge in [-0.05, 0) is 57.2 Å². The molecule has 1 saturated heterocycles. The fraction of sp³-hybridized carbons (Fsp3) is 0.450. The number of benzene rings is 1. The molecule has 146 valence electrons. The maximum atomic E-state index is 12.6. The first-order chi connectivity index (χ1) is 13.5. The Balaban J connectivity index is 1.54. The third kappa shape index (κ3) is 3.87. The standard InChI is InChI=1S/C20H24N6O2/c1-25(2)20-24-23-19(28-20)14-4-5-17-15(10-14)11-16(21-22-17)12-18(27)13-6-8-26(3)9-7-13/h4-5,10-11,13H,6-9,12H2,1-3H3. The van der Waals surface area contributed by atoms with E-state index in [-0.39, 0.29) is 11.7 Å². The van der Waals surface area contributed by atoms with Gasteiger partial charge in [-0.15, -0.1) is 5.10 Å². The van der Waals surface area contributed by atoms with Crippen LogP contribution in [0.25, 0.3) is 22.4 Å². The molecule has 4 rings (SSSR count). The van der Waals surface area contributed by atoms with Gasteiger partial charge in [-0.1, -0.05) is 5.10 Å². The Kier molecular flexibility index (Phi) is 5.04. The zero-order chi connectivity index (χ0) is 19.7. The van der Waals surface area contributed by atoms with Gasteiger partial charge in [-0.2, -0.15) is 10.2 Å². The van der Waals surface area contributed by atoms with Gasteiger partial charge in [0, 0.05) is 31.0 Å². The van der Waals surface area contributed by atoms with E-state index in [1.165, 1.54) is 0 Å². The fourth-order valence-corrected chi connectivity index (χ4v) is 3.47. The average molecular weight is 380 g/mol. The minimum absolute atomic E-state index is 0.128. The summed E-state index contributed by atoms with van der Waals surface area (Å²) in [4.78, 5) is 16.7. The predicted octanol–water partition coefficient (Wildman–Crippen LogP) is 2.20. The van der Waals surface area contributed by atoms with E-state index in [4.69, 9.17) is 4.42 Å². The van der Waals surface area contributed by atoms with Crippen LogP contribution in [0.2, 0.25) is 0 Å². The molecule has 8 nitrogen and oxygen atoms in total. The van der Waals surface area contributed by atoms with E-state index in [1.54, 1.807) is 4.90 Å². The molecule has 1 aliphatic rings. The van der Waals surface area contributed by atoms with E-state index in [0.29, 0.717) is 24.0 Å². The lowest BCUT2D eigenvalue weighted by Crippen LogP contribution is -2.34.